The zero-order valence-electron chi connectivity index (χ0n) is 7.24. The van der Waals surface area contributed by atoms with Crippen molar-refractivity contribution < 1.29 is 13.2 Å². The van der Waals surface area contributed by atoms with Crippen LogP contribution in [0.4, 0.5) is 13.2 Å². The summed E-state index contributed by atoms with van der Waals surface area (Å²) in [6.07, 6.45) is -2.14. The van der Waals surface area contributed by atoms with Gasteiger partial charge in [0.15, 0.2) is 0 Å². The Labute approximate surface area is 75.1 Å². The lowest BCUT2D eigenvalue weighted by Crippen LogP contribution is -2.32. The van der Waals surface area contributed by atoms with Crippen molar-refractivity contribution in [2.24, 2.45) is 5.92 Å². The van der Waals surface area contributed by atoms with Crippen molar-refractivity contribution in [3.63, 3.8) is 0 Å². The third kappa shape index (κ3) is 8.20. The van der Waals surface area contributed by atoms with Crippen molar-refractivity contribution >= 4 is 11.8 Å². The van der Waals surface area contributed by atoms with E-state index in [9.17, 15) is 13.2 Å². The fourth-order valence-electron chi connectivity index (χ4n) is 0.804. The van der Waals surface area contributed by atoms with Gasteiger partial charge in [0.2, 0.25) is 0 Å². The standard InChI is InChI=1S/C7H14F3NS/c1-6(4-12-2)3-11-5-7(8,9)10/h6,11H,3-5H2,1-2H3. The van der Waals surface area contributed by atoms with Crippen molar-refractivity contribution in [1.29, 1.82) is 0 Å². The van der Waals surface area contributed by atoms with Gasteiger partial charge in [-0.25, -0.2) is 0 Å². The van der Waals surface area contributed by atoms with E-state index in [0.29, 0.717) is 12.5 Å². The lowest BCUT2D eigenvalue weighted by molar-refractivity contribution is -0.124. The van der Waals surface area contributed by atoms with Crippen molar-refractivity contribution in [2.75, 3.05) is 25.1 Å². The molecule has 1 atom stereocenters. The molecule has 0 aliphatic rings. The topological polar surface area (TPSA) is 12.0 Å². The molecule has 0 amide bonds. The molecule has 0 aliphatic heterocycles. The van der Waals surface area contributed by atoms with Crippen LogP contribution in [-0.4, -0.2) is 31.3 Å². The van der Waals surface area contributed by atoms with Gasteiger partial charge in [-0.2, -0.15) is 24.9 Å². The Morgan fingerprint density at radius 3 is 2.42 bits per heavy atom. The Hall–Kier alpha value is 0.100. The summed E-state index contributed by atoms with van der Waals surface area (Å²) in [6.45, 7) is 1.48. The minimum Gasteiger partial charge on any atom is -0.308 e. The molecule has 0 radical (unpaired) electrons. The number of halogens is 3. The van der Waals surface area contributed by atoms with Crippen molar-refractivity contribution in [2.45, 2.75) is 13.1 Å². The van der Waals surface area contributed by atoms with Gasteiger partial charge in [-0.15, -0.1) is 0 Å². The molecule has 0 aromatic rings. The molecule has 1 N–H and O–H groups in total. The number of nitrogens with one attached hydrogen (secondary N) is 1. The summed E-state index contributed by atoms with van der Waals surface area (Å²) >= 11 is 1.65. The second-order valence-corrected chi connectivity index (χ2v) is 3.72. The van der Waals surface area contributed by atoms with Crippen LogP contribution >= 0.6 is 11.8 Å². The summed E-state index contributed by atoms with van der Waals surface area (Å²) in [5.41, 5.74) is 0. The average Bonchev–Trinajstić information content (AvgIpc) is 1.84. The highest BCUT2D eigenvalue weighted by Gasteiger charge is 2.26. The minimum atomic E-state index is -4.08. The molecule has 0 fully saturated rings. The predicted octanol–water partition coefficient (Wildman–Crippen LogP) is 2.14. The molecule has 1 unspecified atom stereocenters. The Morgan fingerprint density at radius 2 is 2.00 bits per heavy atom. The zero-order valence-corrected chi connectivity index (χ0v) is 8.06. The Balaban J connectivity index is 3.31. The highest BCUT2D eigenvalue weighted by Crippen LogP contribution is 2.12. The normalized spacial score (nSPS) is 14.8. The van der Waals surface area contributed by atoms with Crippen LogP contribution in [0.15, 0.2) is 0 Å². The molecule has 0 rings (SSSR count). The molecule has 0 aliphatic carbocycles. The van der Waals surface area contributed by atoms with Gasteiger partial charge < -0.3 is 5.32 Å². The highest BCUT2D eigenvalue weighted by molar-refractivity contribution is 7.98. The molecular formula is C7H14F3NS. The molecule has 0 aromatic carbocycles. The van der Waals surface area contributed by atoms with Crippen molar-refractivity contribution in [3.05, 3.63) is 0 Å². The van der Waals surface area contributed by atoms with Crippen LogP contribution in [0.5, 0.6) is 0 Å². The number of hydrogen-bond donors (Lipinski definition) is 1. The Bertz CT molecular complexity index is 116. The second-order valence-electron chi connectivity index (χ2n) is 2.81. The molecule has 0 bridgehead atoms. The Kier molecular flexibility index (Phi) is 5.74. The van der Waals surface area contributed by atoms with Gasteiger partial charge in [-0.05, 0) is 24.5 Å². The van der Waals surface area contributed by atoms with Crippen LogP contribution in [0.25, 0.3) is 0 Å². The molecule has 0 heterocycles. The molecule has 74 valence electrons. The number of thioether (sulfide) groups is 1. The van der Waals surface area contributed by atoms with E-state index in [0.717, 1.165) is 5.75 Å². The van der Waals surface area contributed by atoms with Crippen molar-refractivity contribution in [3.8, 4) is 0 Å². The van der Waals surface area contributed by atoms with E-state index in [1.54, 1.807) is 11.8 Å². The fraction of sp³-hybridized carbons (Fsp3) is 1.00. The maximum atomic E-state index is 11.6. The summed E-state index contributed by atoms with van der Waals surface area (Å²) in [7, 11) is 0. The molecule has 12 heavy (non-hydrogen) atoms. The number of hydrogen-bond acceptors (Lipinski definition) is 2. The monoisotopic (exact) mass is 201 g/mol. The summed E-state index contributed by atoms with van der Waals surface area (Å²) in [5, 5.41) is 2.37. The Morgan fingerprint density at radius 1 is 1.42 bits per heavy atom. The van der Waals surface area contributed by atoms with Crippen LogP contribution < -0.4 is 5.32 Å². The minimum absolute atomic E-state index is 0.294. The second kappa shape index (κ2) is 5.70. The van der Waals surface area contributed by atoms with E-state index in [4.69, 9.17) is 0 Å². The maximum Gasteiger partial charge on any atom is 0.401 e. The summed E-state index contributed by atoms with van der Waals surface area (Å²) in [6, 6.07) is 0. The molecule has 5 heteroatoms. The molecule has 0 spiro atoms. The van der Waals surface area contributed by atoms with Gasteiger partial charge in [-0.3, -0.25) is 0 Å². The van der Waals surface area contributed by atoms with Gasteiger partial charge in [0.1, 0.15) is 0 Å². The van der Waals surface area contributed by atoms with E-state index in [2.05, 4.69) is 5.32 Å². The van der Waals surface area contributed by atoms with Crippen LogP contribution in [0.3, 0.4) is 0 Å². The first-order valence-corrected chi connectivity index (χ1v) is 5.11. The zero-order chi connectivity index (χ0) is 9.61. The molecule has 0 aromatic heterocycles. The van der Waals surface area contributed by atoms with Gasteiger partial charge in [0.05, 0.1) is 6.54 Å². The summed E-state index contributed by atoms with van der Waals surface area (Å²) < 4.78 is 34.9. The van der Waals surface area contributed by atoms with Crippen LogP contribution in [0.1, 0.15) is 6.92 Å². The van der Waals surface area contributed by atoms with E-state index < -0.39 is 12.7 Å². The van der Waals surface area contributed by atoms with E-state index in [1.807, 2.05) is 13.2 Å². The van der Waals surface area contributed by atoms with Crippen molar-refractivity contribution in [1.82, 2.24) is 5.32 Å². The predicted molar refractivity (Wildman–Crippen MR) is 46.5 cm³/mol. The van der Waals surface area contributed by atoms with Gasteiger partial charge in [0.25, 0.3) is 0 Å². The molecule has 0 saturated heterocycles. The quantitative estimate of drug-likeness (QED) is 0.731. The first kappa shape index (κ1) is 12.1. The van der Waals surface area contributed by atoms with Crippen LogP contribution in [0, 0.1) is 5.92 Å². The van der Waals surface area contributed by atoms with Crippen LogP contribution in [-0.2, 0) is 0 Å². The maximum absolute atomic E-state index is 11.6. The third-order valence-electron chi connectivity index (χ3n) is 1.27. The van der Waals surface area contributed by atoms with Gasteiger partial charge in [0, 0.05) is 0 Å². The van der Waals surface area contributed by atoms with E-state index in [-0.39, 0.29) is 0 Å². The highest BCUT2D eigenvalue weighted by atomic mass is 32.2. The number of rotatable bonds is 5. The summed E-state index contributed by atoms with van der Waals surface area (Å²) in [5.74, 6) is 1.19. The van der Waals surface area contributed by atoms with Gasteiger partial charge in [-0.1, -0.05) is 6.92 Å². The lowest BCUT2D eigenvalue weighted by Gasteiger charge is -2.12. The third-order valence-corrected chi connectivity index (χ3v) is 2.17. The molecule has 1 nitrogen and oxygen atoms in total. The fourth-order valence-corrected chi connectivity index (χ4v) is 1.49. The van der Waals surface area contributed by atoms with Gasteiger partial charge >= 0.3 is 6.18 Å². The first-order chi connectivity index (χ1) is 5.45. The summed E-state index contributed by atoms with van der Waals surface area (Å²) in [4.78, 5) is 0. The SMILES string of the molecule is CSCC(C)CNCC(F)(F)F. The molecule has 0 saturated carbocycles. The first-order valence-electron chi connectivity index (χ1n) is 3.72. The average molecular weight is 201 g/mol. The van der Waals surface area contributed by atoms with E-state index >= 15 is 0 Å². The lowest BCUT2D eigenvalue weighted by atomic mass is 10.2. The number of alkyl halides is 3. The largest absolute Gasteiger partial charge is 0.401 e. The van der Waals surface area contributed by atoms with Crippen LogP contribution in [0.2, 0.25) is 0 Å². The smallest absolute Gasteiger partial charge is 0.308 e. The molecular weight excluding hydrogens is 187 g/mol. The van der Waals surface area contributed by atoms with E-state index in [1.165, 1.54) is 0 Å².